The minimum atomic E-state index is -0.0649. The van der Waals surface area contributed by atoms with Crippen molar-refractivity contribution in [3.8, 4) is 0 Å². The number of benzene rings is 1. The molecule has 1 N–H and O–H groups in total. The zero-order chi connectivity index (χ0) is 13.3. The summed E-state index contributed by atoms with van der Waals surface area (Å²) in [6, 6.07) is 8.24. The van der Waals surface area contributed by atoms with Crippen molar-refractivity contribution in [2.75, 3.05) is 13.2 Å². The molecule has 1 aliphatic rings. The first kappa shape index (κ1) is 12.8. The Bertz CT molecular complexity index is 578. The topological polar surface area (TPSA) is 55.5 Å². The summed E-state index contributed by atoms with van der Waals surface area (Å²) in [4.78, 5) is 0. The van der Waals surface area contributed by atoms with Crippen molar-refractivity contribution < 1.29 is 14.4 Å². The van der Waals surface area contributed by atoms with Gasteiger partial charge in [-0.25, -0.2) is 0 Å². The van der Waals surface area contributed by atoms with Crippen LogP contribution in [0.3, 0.4) is 0 Å². The molecule has 0 saturated carbocycles. The van der Waals surface area contributed by atoms with E-state index in [2.05, 4.69) is 33.2 Å². The van der Waals surface area contributed by atoms with Crippen LogP contribution in [0.4, 0.5) is 0 Å². The lowest BCUT2D eigenvalue weighted by molar-refractivity contribution is -0.0607. The molecule has 0 unspecified atom stereocenters. The first-order chi connectivity index (χ1) is 9.23. The Morgan fingerprint density at radius 1 is 1.37 bits per heavy atom. The second kappa shape index (κ2) is 5.07. The maximum absolute atomic E-state index is 9.27. The summed E-state index contributed by atoms with van der Waals surface area (Å²) in [5.41, 5.74) is 2.72. The molecule has 3 rings (SSSR count). The van der Waals surface area contributed by atoms with Crippen molar-refractivity contribution in [2.24, 2.45) is 0 Å². The number of nitrogens with zero attached hydrogens (tertiary/aromatic N) is 1. The van der Waals surface area contributed by atoms with E-state index < -0.39 is 0 Å². The van der Waals surface area contributed by atoms with E-state index in [1.54, 1.807) is 0 Å². The summed E-state index contributed by atoms with van der Waals surface area (Å²) in [5.74, 6) is 0. The molecule has 1 aromatic carbocycles. The van der Waals surface area contributed by atoms with Crippen molar-refractivity contribution in [3.05, 3.63) is 51.8 Å². The smallest absolute Gasteiger partial charge is 0.129 e. The van der Waals surface area contributed by atoms with Crippen LogP contribution in [-0.2, 0) is 23.2 Å². The van der Waals surface area contributed by atoms with Crippen LogP contribution in [-0.4, -0.2) is 23.5 Å². The molecule has 1 fully saturated rings. The summed E-state index contributed by atoms with van der Waals surface area (Å²) in [6.07, 6.45) is 2.22. The van der Waals surface area contributed by atoms with Gasteiger partial charge in [-0.15, -0.1) is 0 Å². The van der Waals surface area contributed by atoms with Gasteiger partial charge in [-0.2, -0.15) is 0 Å². The van der Waals surface area contributed by atoms with Crippen molar-refractivity contribution in [3.63, 3.8) is 0 Å². The fourth-order valence-corrected chi connectivity index (χ4v) is 2.81. The summed E-state index contributed by atoms with van der Waals surface area (Å²) in [6.45, 7) is 1.29. The zero-order valence-corrected chi connectivity index (χ0v) is 11.9. The highest BCUT2D eigenvalue weighted by Crippen LogP contribution is 2.37. The van der Waals surface area contributed by atoms with Crippen LogP contribution in [0.5, 0.6) is 0 Å². The average Bonchev–Trinajstić information content (AvgIpc) is 2.80. The first-order valence-electron chi connectivity index (χ1n) is 6.10. The van der Waals surface area contributed by atoms with Crippen molar-refractivity contribution in [1.29, 1.82) is 0 Å². The molecule has 1 aliphatic heterocycles. The minimum absolute atomic E-state index is 0.0474. The van der Waals surface area contributed by atoms with Crippen LogP contribution < -0.4 is 0 Å². The SMILES string of the molecule is OCc1conc1CC1(c2cccc(Br)c2)COC1. The van der Waals surface area contributed by atoms with E-state index >= 15 is 0 Å². The van der Waals surface area contributed by atoms with Crippen LogP contribution in [0, 0.1) is 0 Å². The molecule has 5 heteroatoms. The standard InChI is InChI=1S/C14H14BrNO3/c15-12-3-1-2-11(4-12)14(8-18-9-14)5-13-10(6-17)7-19-16-13/h1-4,7,17H,5-6,8-9H2. The summed E-state index contributed by atoms with van der Waals surface area (Å²) < 4.78 is 11.4. The normalized spacial score (nSPS) is 17.2. The molecule has 2 aromatic rings. The molecule has 0 bridgehead atoms. The van der Waals surface area contributed by atoms with Crippen molar-refractivity contribution in [2.45, 2.75) is 18.4 Å². The van der Waals surface area contributed by atoms with Gasteiger partial charge in [-0.05, 0) is 17.7 Å². The van der Waals surface area contributed by atoms with Gasteiger partial charge >= 0.3 is 0 Å². The Hall–Kier alpha value is -1.17. The van der Waals surface area contributed by atoms with Crippen LogP contribution in [0.15, 0.2) is 39.5 Å². The Morgan fingerprint density at radius 3 is 2.84 bits per heavy atom. The third-order valence-corrected chi connectivity index (χ3v) is 4.09. The number of hydrogen-bond acceptors (Lipinski definition) is 4. The quantitative estimate of drug-likeness (QED) is 0.939. The first-order valence-corrected chi connectivity index (χ1v) is 6.90. The molecule has 19 heavy (non-hydrogen) atoms. The molecule has 0 aliphatic carbocycles. The van der Waals surface area contributed by atoms with Gasteiger partial charge in [0.05, 0.1) is 25.5 Å². The van der Waals surface area contributed by atoms with Gasteiger partial charge in [0.15, 0.2) is 0 Å². The van der Waals surface area contributed by atoms with Gasteiger partial charge in [0.2, 0.25) is 0 Å². The zero-order valence-electron chi connectivity index (χ0n) is 10.3. The molecule has 0 amide bonds. The Balaban J connectivity index is 1.92. The Kier molecular flexibility index (Phi) is 3.43. The minimum Gasteiger partial charge on any atom is -0.391 e. The second-order valence-electron chi connectivity index (χ2n) is 4.90. The Labute approximate surface area is 119 Å². The molecule has 0 spiro atoms. The van der Waals surface area contributed by atoms with E-state index in [9.17, 15) is 5.11 Å². The number of aromatic nitrogens is 1. The van der Waals surface area contributed by atoms with E-state index in [1.807, 2.05) is 12.1 Å². The molecule has 0 atom stereocenters. The summed E-state index contributed by atoms with van der Waals surface area (Å²) in [5, 5.41) is 13.3. The van der Waals surface area contributed by atoms with Crippen molar-refractivity contribution >= 4 is 15.9 Å². The maximum Gasteiger partial charge on any atom is 0.129 e. The van der Waals surface area contributed by atoms with Gasteiger partial charge in [0, 0.05) is 21.9 Å². The number of aliphatic hydroxyl groups excluding tert-OH is 1. The van der Waals surface area contributed by atoms with Gasteiger partial charge in [0.25, 0.3) is 0 Å². The average molecular weight is 324 g/mol. The monoisotopic (exact) mass is 323 g/mol. The fraction of sp³-hybridized carbons (Fsp3) is 0.357. The van der Waals surface area contributed by atoms with Crippen LogP contribution in [0.2, 0.25) is 0 Å². The molecular weight excluding hydrogens is 310 g/mol. The number of rotatable bonds is 4. The Morgan fingerprint density at radius 2 is 2.21 bits per heavy atom. The highest BCUT2D eigenvalue weighted by Gasteiger charge is 2.41. The molecule has 0 radical (unpaired) electrons. The second-order valence-corrected chi connectivity index (χ2v) is 5.82. The lowest BCUT2D eigenvalue weighted by Crippen LogP contribution is -2.48. The van der Waals surface area contributed by atoms with E-state index in [4.69, 9.17) is 9.26 Å². The van der Waals surface area contributed by atoms with Crippen LogP contribution in [0.25, 0.3) is 0 Å². The lowest BCUT2D eigenvalue weighted by atomic mass is 9.74. The van der Waals surface area contributed by atoms with E-state index in [-0.39, 0.29) is 12.0 Å². The number of ether oxygens (including phenoxy) is 1. The van der Waals surface area contributed by atoms with Gasteiger partial charge in [-0.3, -0.25) is 0 Å². The summed E-state index contributed by atoms with van der Waals surface area (Å²) in [7, 11) is 0. The molecule has 4 nitrogen and oxygen atoms in total. The fourth-order valence-electron chi connectivity index (χ4n) is 2.41. The molecule has 1 aromatic heterocycles. The summed E-state index contributed by atoms with van der Waals surface area (Å²) >= 11 is 3.50. The highest BCUT2D eigenvalue weighted by atomic mass is 79.9. The maximum atomic E-state index is 9.27. The van der Waals surface area contributed by atoms with E-state index in [1.165, 1.54) is 11.8 Å². The van der Waals surface area contributed by atoms with Gasteiger partial charge in [0.1, 0.15) is 6.26 Å². The molecule has 1 saturated heterocycles. The van der Waals surface area contributed by atoms with Crippen LogP contribution >= 0.6 is 15.9 Å². The highest BCUT2D eigenvalue weighted by molar-refractivity contribution is 9.10. The number of hydrogen-bond donors (Lipinski definition) is 1. The predicted molar refractivity (Wildman–Crippen MR) is 72.8 cm³/mol. The third kappa shape index (κ3) is 2.33. The van der Waals surface area contributed by atoms with E-state index in [0.717, 1.165) is 22.2 Å². The number of aliphatic hydroxyl groups is 1. The van der Waals surface area contributed by atoms with Crippen LogP contribution in [0.1, 0.15) is 16.8 Å². The van der Waals surface area contributed by atoms with E-state index in [0.29, 0.717) is 13.2 Å². The molecule has 2 heterocycles. The van der Waals surface area contributed by atoms with Gasteiger partial charge < -0.3 is 14.4 Å². The molecule has 100 valence electrons. The predicted octanol–water partition coefficient (Wildman–Crippen LogP) is 2.44. The largest absolute Gasteiger partial charge is 0.391 e. The third-order valence-electron chi connectivity index (χ3n) is 3.60. The molecular formula is C14H14BrNO3. The van der Waals surface area contributed by atoms with Gasteiger partial charge in [-0.1, -0.05) is 33.2 Å². The van der Waals surface area contributed by atoms with Crippen molar-refractivity contribution in [1.82, 2.24) is 5.16 Å². The lowest BCUT2D eigenvalue weighted by Gasteiger charge is -2.41. The number of halogens is 1.